The van der Waals surface area contributed by atoms with Gasteiger partial charge in [-0.05, 0) is 49.7 Å². The molecule has 0 spiro atoms. The van der Waals surface area contributed by atoms with Crippen LogP contribution in [-0.4, -0.2) is 44.8 Å². The highest BCUT2D eigenvalue weighted by atomic mass is 35.5. The van der Waals surface area contributed by atoms with E-state index >= 15 is 0 Å². The van der Waals surface area contributed by atoms with Crippen LogP contribution in [0, 0.1) is 6.92 Å². The van der Waals surface area contributed by atoms with Crippen molar-refractivity contribution in [3.63, 3.8) is 0 Å². The van der Waals surface area contributed by atoms with Crippen molar-refractivity contribution in [2.45, 2.75) is 19.9 Å². The summed E-state index contributed by atoms with van der Waals surface area (Å²) in [4.78, 5) is 46.5. The summed E-state index contributed by atoms with van der Waals surface area (Å²) in [6.07, 6.45) is 0. The van der Waals surface area contributed by atoms with Gasteiger partial charge in [-0.15, -0.1) is 0 Å². The zero-order valence-electron chi connectivity index (χ0n) is 21.6. The molecule has 0 fully saturated rings. The molecular formula is C27H23ClN2O8S. The molecule has 2 aromatic heterocycles. The first-order valence-corrected chi connectivity index (χ1v) is 13.0. The van der Waals surface area contributed by atoms with Crippen molar-refractivity contribution in [3.8, 4) is 17.2 Å². The number of hydrogen-bond donors (Lipinski definition) is 0. The number of esters is 1. The van der Waals surface area contributed by atoms with Crippen molar-refractivity contribution >= 4 is 50.9 Å². The number of nitrogens with zero attached hydrogens (tertiary/aromatic N) is 2. The SMILES string of the molecule is CCOC(=O)c1sc(N2C(=O)c3oc4ccc(Cl)cc4c(=O)c3C2c2cc(OC)c(OC)c(OC)c2)nc1C. The number of carbonyl (C=O) groups excluding carboxylic acids is 2. The van der Waals surface area contributed by atoms with Crippen molar-refractivity contribution in [1.82, 2.24) is 4.98 Å². The third-order valence-electron chi connectivity index (χ3n) is 6.29. The van der Waals surface area contributed by atoms with Crippen molar-refractivity contribution in [3.05, 3.63) is 73.0 Å². The van der Waals surface area contributed by atoms with E-state index in [1.54, 1.807) is 32.0 Å². The van der Waals surface area contributed by atoms with E-state index in [1.807, 2.05) is 0 Å². The molecule has 1 aliphatic rings. The van der Waals surface area contributed by atoms with E-state index in [0.717, 1.165) is 11.3 Å². The Kier molecular flexibility index (Phi) is 6.96. The van der Waals surface area contributed by atoms with Gasteiger partial charge < -0.3 is 23.4 Å². The lowest BCUT2D eigenvalue weighted by molar-refractivity contribution is 0.0531. The highest BCUT2D eigenvalue weighted by Crippen LogP contribution is 2.47. The molecule has 3 heterocycles. The average molecular weight is 571 g/mol. The number of ether oxygens (including phenoxy) is 4. The Morgan fingerprint density at radius 1 is 1.10 bits per heavy atom. The number of benzene rings is 2. The van der Waals surface area contributed by atoms with Gasteiger partial charge in [0, 0.05) is 5.02 Å². The Balaban J connectivity index is 1.80. The highest BCUT2D eigenvalue weighted by Gasteiger charge is 2.46. The van der Waals surface area contributed by atoms with Crippen LogP contribution in [0.15, 0.2) is 39.5 Å². The predicted molar refractivity (Wildman–Crippen MR) is 145 cm³/mol. The zero-order valence-corrected chi connectivity index (χ0v) is 23.2. The van der Waals surface area contributed by atoms with Gasteiger partial charge >= 0.3 is 5.97 Å². The summed E-state index contributed by atoms with van der Waals surface area (Å²) in [6.45, 7) is 3.53. The fourth-order valence-corrected chi connectivity index (χ4v) is 5.75. The summed E-state index contributed by atoms with van der Waals surface area (Å²) in [6, 6.07) is 6.90. The fraction of sp³-hybridized carbons (Fsp3) is 0.259. The number of aryl methyl sites for hydroxylation is 1. The molecule has 202 valence electrons. The van der Waals surface area contributed by atoms with E-state index in [1.165, 1.54) is 38.4 Å². The molecule has 1 aliphatic heterocycles. The first kappa shape index (κ1) is 26.5. The molecule has 0 saturated carbocycles. The number of methoxy groups -OCH3 is 3. The first-order valence-electron chi connectivity index (χ1n) is 11.8. The second kappa shape index (κ2) is 10.2. The molecule has 12 heteroatoms. The number of hydrogen-bond acceptors (Lipinski definition) is 10. The normalized spacial score (nSPS) is 14.5. The molecule has 1 amide bonds. The van der Waals surface area contributed by atoms with E-state index in [-0.39, 0.29) is 38.9 Å². The number of anilines is 1. The summed E-state index contributed by atoms with van der Waals surface area (Å²) in [7, 11) is 4.40. The Bertz CT molecular complexity index is 1670. The highest BCUT2D eigenvalue weighted by molar-refractivity contribution is 7.17. The maximum atomic E-state index is 13.9. The molecule has 2 aromatic carbocycles. The number of thiazole rings is 1. The van der Waals surface area contributed by atoms with Gasteiger partial charge in [-0.1, -0.05) is 22.9 Å². The van der Waals surface area contributed by atoms with E-state index in [2.05, 4.69) is 4.98 Å². The number of fused-ring (bicyclic) bond motifs is 2. The average Bonchev–Trinajstić information content (AvgIpc) is 3.45. The molecule has 10 nitrogen and oxygen atoms in total. The van der Waals surface area contributed by atoms with E-state index in [0.29, 0.717) is 33.5 Å². The number of aromatic nitrogens is 1. The number of carbonyl (C=O) groups is 2. The van der Waals surface area contributed by atoms with Crippen molar-refractivity contribution in [2.24, 2.45) is 0 Å². The molecule has 1 unspecified atom stereocenters. The largest absolute Gasteiger partial charge is 0.493 e. The van der Waals surface area contributed by atoms with Crippen molar-refractivity contribution in [1.29, 1.82) is 0 Å². The van der Waals surface area contributed by atoms with Crippen LogP contribution in [-0.2, 0) is 4.74 Å². The molecule has 0 N–H and O–H groups in total. The lowest BCUT2D eigenvalue weighted by Gasteiger charge is -2.24. The van der Waals surface area contributed by atoms with Crippen LogP contribution in [0.1, 0.15) is 50.0 Å². The molecule has 39 heavy (non-hydrogen) atoms. The smallest absolute Gasteiger partial charge is 0.350 e. The van der Waals surface area contributed by atoms with Gasteiger partial charge in [0.1, 0.15) is 10.5 Å². The minimum Gasteiger partial charge on any atom is -0.493 e. The predicted octanol–water partition coefficient (Wildman–Crippen LogP) is 5.16. The molecule has 0 bridgehead atoms. The third kappa shape index (κ3) is 4.27. The maximum absolute atomic E-state index is 13.9. The second-order valence-electron chi connectivity index (χ2n) is 8.48. The summed E-state index contributed by atoms with van der Waals surface area (Å²) in [5.41, 5.74) is 0.731. The van der Waals surface area contributed by atoms with Crippen molar-refractivity contribution < 1.29 is 33.0 Å². The van der Waals surface area contributed by atoms with Gasteiger partial charge in [0.25, 0.3) is 5.91 Å². The monoisotopic (exact) mass is 570 g/mol. The molecule has 5 rings (SSSR count). The fourth-order valence-electron chi connectivity index (χ4n) is 4.59. The molecule has 0 aliphatic carbocycles. The number of halogens is 1. The molecular weight excluding hydrogens is 548 g/mol. The minimum absolute atomic E-state index is 0.0922. The quantitative estimate of drug-likeness (QED) is 0.277. The van der Waals surface area contributed by atoms with E-state index < -0.39 is 23.3 Å². The Labute approximate surface area is 231 Å². The number of rotatable bonds is 7. The van der Waals surface area contributed by atoms with Gasteiger partial charge in [0.15, 0.2) is 22.1 Å². The summed E-state index contributed by atoms with van der Waals surface area (Å²) < 4.78 is 27.7. The van der Waals surface area contributed by atoms with Gasteiger partial charge in [0.2, 0.25) is 11.5 Å². The van der Waals surface area contributed by atoms with Crippen LogP contribution in [0.4, 0.5) is 5.13 Å². The summed E-state index contributed by atoms with van der Waals surface area (Å²) in [5, 5.41) is 0.748. The Morgan fingerprint density at radius 2 is 1.79 bits per heavy atom. The van der Waals surface area contributed by atoms with Gasteiger partial charge in [-0.25, -0.2) is 9.78 Å². The summed E-state index contributed by atoms with van der Waals surface area (Å²) in [5.74, 6) is -0.304. The third-order valence-corrected chi connectivity index (χ3v) is 7.66. The van der Waals surface area contributed by atoms with Gasteiger partial charge in [0.05, 0.1) is 50.6 Å². The molecule has 1 atom stereocenters. The lowest BCUT2D eigenvalue weighted by atomic mass is 9.98. The minimum atomic E-state index is -0.999. The van der Waals surface area contributed by atoms with Gasteiger partial charge in [-0.3, -0.25) is 14.5 Å². The van der Waals surface area contributed by atoms with Crippen LogP contribution in [0.2, 0.25) is 5.02 Å². The summed E-state index contributed by atoms with van der Waals surface area (Å²) >= 11 is 7.16. The Morgan fingerprint density at radius 3 is 2.41 bits per heavy atom. The molecule has 4 aromatic rings. The standard InChI is InChI=1S/C27H23ClN2O8S/c1-6-37-26(33)24-12(2)29-27(39-24)30-20(13-9-17(34-3)22(36-5)18(10-13)35-4)19-21(31)15-11-14(28)7-8-16(15)38-23(19)25(30)32/h7-11,20H,6H2,1-5H3. The van der Waals surface area contributed by atoms with E-state index in [4.69, 9.17) is 35.0 Å². The molecule has 0 saturated heterocycles. The van der Waals surface area contributed by atoms with Gasteiger partial charge in [-0.2, -0.15) is 0 Å². The maximum Gasteiger partial charge on any atom is 0.350 e. The van der Waals surface area contributed by atoms with E-state index in [9.17, 15) is 14.4 Å². The topological polar surface area (TPSA) is 117 Å². The van der Waals surface area contributed by atoms with Crippen LogP contribution < -0.4 is 24.5 Å². The zero-order chi connectivity index (χ0) is 28.0. The van der Waals surface area contributed by atoms with Crippen LogP contribution in [0.5, 0.6) is 17.2 Å². The Hall–Kier alpha value is -4.09. The molecule has 0 radical (unpaired) electrons. The lowest BCUT2D eigenvalue weighted by Crippen LogP contribution is -2.29. The first-order chi connectivity index (χ1) is 18.7. The van der Waals surface area contributed by atoms with Crippen LogP contribution in [0.3, 0.4) is 0 Å². The van der Waals surface area contributed by atoms with Crippen LogP contribution >= 0.6 is 22.9 Å². The number of amides is 1. The second-order valence-corrected chi connectivity index (χ2v) is 9.90. The van der Waals surface area contributed by atoms with Crippen molar-refractivity contribution in [2.75, 3.05) is 32.8 Å². The van der Waals surface area contributed by atoms with Crippen LogP contribution in [0.25, 0.3) is 11.0 Å².